The van der Waals surface area contributed by atoms with Crippen LogP contribution in [0.2, 0.25) is 0 Å². The van der Waals surface area contributed by atoms with Gasteiger partial charge >= 0.3 is 0 Å². The van der Waals surface area contributed by atoms with Gasteiger partial charge in [-0.15, -0.1) is 5.10 Å². The van der Waals surface area contributed by atoms with Gasteiger partial charge in [0.05, 0.1) is 24.1 Å². The van der Waals surface area contributed by atoms with Gasteiger partial charge in [-0.1, -0.05) is 18.2 Å². The van der Waals surface area contributed by atoms with Crippen LogP contribution >= 0.6 is 0 Å². The molecule has 9 nitrogen and oxygen atoms in total. The lowest BCUT2D eigenvalue weighted by atomic mass is 10.1. The number of nitrogens with zero attached hydrogens (tertiary/aromatic N) is 7. The minimum Gasteiger partial charge on any atom is -0.486 e. The molecule has 9 heteroatoms. The normalized spacial score (nSPS) is 14.6. The molecule has 0 radical (unpaired) electrons. The van der Waals surface area contributed by atoms with Crippen molar-refractivity contribution in [2.24, 2.45) is 0 Å². The zero-order valence-electron chi connectivity index (χ0n) is 20.8. The predicted molar refractivity (Wildman–Crippen MR) is 138 cm³/mol. The molecule has 0 aliphatic carbocycles. The van der Waals surface area contributed by atoms with E-state index in [1.807, 2.05) is 77.9 Å². The van der Waals surface area contributed by atoms with E-state index in [1.165, 1.54) is 0 Å². The summed E-state index contributed by atoms with van der Waals surface area (Å²) in [7, 11) is 0. The topological polar surface area (TPSA) is 92.8 Å². The van der Waals surface area contributed by atoms with Crippen molar-refractivity contribution in [2.75, 3.05) is 6.61 Å². The molecule has 0 fully saturated rings. The summed E-state index contributed by atoms with van der Waals surface area (Å²) in [6.45, 7) is 4.98. The molecule has 0 saturated heterocycles. The third-order valence-corrected chi connectivity index (χ3v) is 6.28. The third kappa shape index (κ3) is 4.93. The summed E-state index contributed by atoms with van der Waals surface area (Å²) >= 11 is 0. The Morgan fingerprint density at radius 1 is 0.946 bits per heavy atom. The maximum Gasteiger partial charge on any atom is 0.200 e. The molecule has 1 aromatic carbocycles. The molecule has 6 rings (SSSR count). The second kappa shape index (κ2) is 9.85. The lowest BCUT2D eigenvalue weighted by molar-refractivity contribution is 0.0751. The molecule has 1 unspecified atom stereocenters. The Morgan fingerprint density at radius 2 is 1.84 bits per heavy atom. The van der Waals surface area contributed by atoms with Gasteiger partial charge in [0, 0.05) is 24.5 Å². The van der Waals surface area contributed by atoms with E-state index in [4.69, 9.17) is 19.6 Å². The zero-order chi connectivity index (χ0) is 25.2. The fraction of sp³-hybridized carbons (Fsp3) is 0.250. The molecule has 5 aromatic rings. The standard InChI is InChI=1S/C28H27N7O2/c1-19-14-20(2)35(32-19)22-10-11-24(30-16-22)28-31-27(12-9-21-6-5-13-29-15-21)34(33-28)17-23-18-36-25-7-3-4-8-26(25)37-23/h3-8,10-11,13-16,23H,9,12,17-18H2,1-2H3. The van der Waals surface area contributed by atoms with Gasteiger partial charge in [-0.25, -0.2) is 14.3 Å². The van der Waals surface area contributed by atoms with Gasteiger partial charge in [0.2, 0.25) is 0 Å². The summed E-state index contributed by atoms with van der Waals surface area (Å²) in [4.78, 5) is 13.8. The summed E-state index contributed by atoms with van der Waals surface area (Å²) in [5.74, 6) is 2.96. The fourth-order valence-electron chi connectivity index (χ4n) is 4.50. The monoisotopic (exact) mass is 493 g/mol. The highest BCUT2D eigenvalue weighted by Crippen LogP contribution is 2.31. The number of aromatic nitrogens is 7. The molecule has 1 atom stereocenters. The van der Waals surface area contributed by atoms with Crippen molar-refractivity contribution in [1.82, 2.24) is 34.5 Å². The van der Waals surface area contributed by atoms with Gasteiger partial charge in [0.15, 0.2) is 23.4 Å². The van der Waals surface area contributed by atoms with E-state index in [1.54, 1.807) is 12.4 Å². The van der Waals surface area contributed by atoms with E-state index in [0.29, 0.717) is 31.1 Å². The van der Waals surface area contributed by atoms with Crippen molar-refractivity contribution < 1.29 is 9.47 Å². The summed E-state index contributed by atoms with van der Waals surface area (Å²) in [5, 5.41) is 9.38. The fourth-order valence-corrected chi connectivity index (χ4v) is 4.50. The highest BCUT2D eigenvalue weighted by molar-refractivity contribution is 5.51. The molecular formula is C28H27N7O2. The minimum atomic E-state index is -0.178. The van der Waals surface area contributed by atoms with E-state index in [9.17, 15) is 0 Å². The van der Waals surface area contributed by atoms with Gasteiger partial charge in [0.1, 0.15) is 18.1 Å². The van der Waals surface area contributed by atoms with Crippen LogP contribution in [0.5, 0.6) is 11.5 Å². The SMILES string of the molecule is Cc1cc(C)n(-c2ccc(-c3nc(CCc4cccnc4)n(CC4COc5ccccc5O4)n3)nc2)n1. The maximum absolute atomic E-state index is 6.20. The van der Waals surface area contributed by atoms with Crippen LogP contribution in [0.25, 0.3) is 17.2 Å². The predicted octanol–water partition coefficient (Wildman–Crippen LogP) is 4.16. The largest absolute Gasteiger partial charge is 0.486 e. The highest BCUT2D eigenvalue weighted by atomic mass is 16.6. The summed E-state index contributed by atoms with van der Waals surface area (Å²) in [6, 6.07) is 17.7. The number of fused-ring (bicyclic) bond motifs is 1. The number of rotatable bonds is 7. The minimum absolute atomic E-state index is 0.178. The molecular weight excluding hydrogens is 466 g/mol. The van der Waals surface area contributed by atoms with Crippen LogP contribution in [0.1, 0.15) is 22.8 Å². The Labute approximate surface area is 214 Å². The molecule has 5 heterocycles. The molecule has 37 heavy (non-hydrogen) atoms. The highest BCUT2D eigenvalue weighted by Gasteiger charge is 2.23. The molecule has 186 valence electrons. The first-order chi connectivity index (χ1) is 18.1. The number of ether oxygens (including phenoxy) is 2. The summed E-state index contributed by atoms with van der Waals surface area (Å²) in [5.41, 5.74) is 4.78. The number of aryl methyl sites for hydroxylation is 4. The molecule has 0 saturated carbocycles. The van der Waals surface area contributed by atoms with Gasteiger partial charge in [-0.3, -0.25) is 9.97 Å². The summed E-state index contributed by atoms with van der Waals surface area (Å²) < 4.78 is 15.9. The van der Waals surface area contributed by atoms with Gasteiger partial charge in [-0.2, -0.15) is 5.10 Å². The maximum atomic E-state index is 6.20. The average Bonchev–Trinajstić information content (AvgIpc) is 3.49. The quantitative estimate of drug-likeness (QED) is 0.336. The molecule has 0 spiro atoms. The molecule has 0 N–H and O–H groups in total. The van der Waals surface area contributed by atoms with Crippen LogP contribution in [0.4, 0.5) is 0 Å². The molecule has 0 bridgehead atoms. The molecule has 1 aliphatic rings. The van der Waals surface area contributed by atoms with Crippen LogP contribution in [-0.4, -0.2) is 47.2 Å². The Balaban J connectivity index is 1.26. The summed E-state index contributed by atoms with van der Waals surface area (Å²) in [6.07, 6.45) is 6.82. The number of hydrogen-bond donors (Lipinski definition) is 0. The third-order valence-electron chi connectivity index (χ3n) is 6.28. The van der Waals surface area contributed by atoms with Crippen LogP contribution in [-0.2, 0) is 19.4 Å². The van der Waals surface area contributed by atoms with Gasteiger partial charge in [-0.05, 0) is 62.2 Å². The van der Waals surface area contributed by atoms with Gasteiger partial charge < -0.3 is 9.47 Å². The Bertz CT molecular complexity index is 1510. The van der Waals surface area contributed by atoms with E-state index in [-0.39, 0.29) is 6.10 Å². The van der Waals surface area contributed by atoms with Crippen LogP contribution in [0.3, 0.4) is 0 Å². The van der Waals surface area contributed by atoms with Crippen molar-refractivity contribution in [3.63, 3.8) is 0 Å². The molecule has 4 aromatic heterocycles. The Hall–Kier alpha value is -4.53. The number of benzene rings is 1. The van der Waals surface area contributed by atoms with Crippen molar-refractivity contribution in [1.29, 1.82) is 0 Å². The van der Waals surface area contributed by atoms with Crippen LogP contribution in [0, 0.1) is 13.8 Å². The van der Waals surface area contributed by atoms with Crippen molar-refractivity contribution in [2.45, 2.75) is 39.3 Å². The second-order valence-electron chi connectivity index (χ2n) is 9.13. The van der Waals surface area contributed by atoms with Gasteiger partial charge in [0.25, 0.3) is 0 Å². The van der Waals surface area contributed by atoms with E-state index in [2.05, 4.69) is 21.1 Å². The first-order valence-corrected chi connectivity index (χ1v) is 12.3. The zero-order valence-corrected chi connectivity index (χ0v) is 20.8. The van der Waals surface area contributed by atoms with Crippen molar-refractivity contribution in [3.8, 4) is 28.7 Å². The smallest absolute Gasteiger partial charge is 0.200 e. The molecule has 0 amide bonds. The number of para-hydroxylation sites is 2. The lowest BCUT2D eigenvalue weighted by Crippen LogP contribution is -2.34. The average molecular weight is 494 g/mol. The first-order valence-electron chi connectivity index (χ1n) is 12.3. The van der Waals surface area contributed by atoms with Crippen molar-refractivity contribution in [3.05, 3.63) is 96.0 Å². The number of pyridine rings is 2. The van der Waals surface area contributed by atoms with E-state index < -0.39 is 0 Å². The van der Waals surface area contributed by atoms with Crippen LogP contribution < -0.4 is 9.47 Å². The van der Waals surface area contributed by atoms with E-state index in [0.717, 1.165) is 46.4 Å². The first kappa shape index (κ1) is 22.9. The number of hydrogen-bond acceptors (Lipinski definition) is 7. The molecule has 1 aliphatic heterocycles. The second-order valence-corrected chi connectivity index (χ2v) is 9.13. The Kier molecular flexibility index (Phi) is 6.10. The van der Waals surface area contributed by atoms with E-state index >= 15 is 0 Å². The van der Waals surface area contributed by atoms with Crippen molar-refractivity contribution >= 4 is 0 Å². The lowest BCUT2D eigenvalue weighted by Gasteiger charge is -2.26. The van der Waals surface area contributed by atoms with Crippen LogP contribution in [0.15, 0.2) is 73.2 Å². The Morgan fingerprint density at radius 3 is 2.59 bits per heavy atom.